The molecule has 0 fully saturated rings. The summed E-state index contributed by atoms with van der Waals surface area (Å²) in [6.45, 7) is 3.25. The number of aromatic nitrogens is 1. The van der Waals surface area contributed by atoms with Crippen molar-refractivity contribution >= 4 is 11.9 Å². The van der Waals surface area contributed by atoms with Crippen molar-refractivity contribution in [1.82, 2.24) is 5.16 Å². The van der Waals surface area contributed by atoms with E-state index in [0.29, 0.717) is 0 Å². The number of hydrogen-bond donors (Lipinski definition) is 2. The van der Waals surface area contributed by atoms with Crippen LogP contribution >= 0.6 is 0 Å². The first kappa shape index (κ1) is 12.0. The predicted octanol–water partition coefficient (Wildman–Crippen LogP) is 0.960. The Balaban J connectivity index is 3.23. The minimum Gasteiger partial charge on any atom is -0.481 e. The molecule has 0 aromatic carbocycles. The predicted molar refractivity (Wildman–Crippen MR) is 50.7 cm³/mol. The van der Waals surface area contributed by atoms with E-state index in [1.54, 1.807) is 6.92 Å². The molecule has 88 valence electrons. The van der Waals surface area contributed by atoms with E-state index >= 15 is 0 Å². The third kappa shape index (κ3) is 2.13. The van der Waals surface area contributed by atoms with Crippen molar-refractivity contribution in [2.45, 2.75) is 19.8 Å². The lowest BCUT2D eigenvalue weighted by Crippen LogP contribution is -2.12. The summed E-state index contributed by atoms with van der Waals surface area (Å²) < 4.78 is 9.55. The molecule has 0 saturated carbocycles. The molecule has 0 saturated heterocycles. The SMILES string of the molecule is CCOc1noc(C(=O)O)c1C(C)C(=O)O. The molecule has 7 nitrogen and oxygen atoms in total. The summed E-state index contributed by atoms with van der Waals surface area (Å²) in [5.41, 5.74) is -0.0538. The molecule has 0 aliphatic heterocycles. The number of rotatable bonds is 5. The van der Waals surface area contributed by atoms with Crippen LogP contribution in [-0.4, -0.2) is 33.9 Å². The van der Waals surface area contributed by atoms with Crippen molar-refractivity contribution in [3.05, 3.63) is 11.3 Å². The van der Waals surface area contributed by atoms with Gasteiger partial charge in [-0.05, 0) is 19.0 Å². The van der Waals surface area contributed by atoms with Gasteiger partial charge in [-0.1, -0.05) is 0 Å². The summed E-state index contributed by atoms with van der Waals surface area (Å²) in [4.78, 5) is 21.6. The Bertz CT molecular complexity index is 410. The van der Waals surface area contributed by atoms with Crippen LogP contribution in [0.25, 0.3) is 0 Å². The lowest BCUT2D eigenvalue weighted by Gasteiger charge is -2.06. The summed E-state index contributed by atoms with van der Waals surface area (Å²) in [5.74, 6) is -4.19. The standard InChI is InChI=1S/C9H11NO6/c1-3-15-7-5(4(2)8(11)12)6(9(13)14)16-10-7/h4H,3H2,1-2H3,(H,11,12)(H,13,14). The number of carbonyl (C=O) groups is 2. The van der Waals surface area contributed by atoms with Crippen molar-refractivity contribution < 1.29 is 29.1 Å². The van der Waals surface area contributed by atoms with E-state index in [4.69, 9.17) is 14.9 Å². The second kappa shape index (κ2) is 4.65. The maximum atomic E-state index is 10.8. The van der Waals surface area contributed by atoms with Gasteiger partial charge in [0.2, 0.25) is 0 Å². The van der Waals surface area contributed by atoms with E-state index < -0.39 is 23.6 Å². The van der Waals surface area contributed by atoms with Gasteiger partial charge in [-0.2, -0.15) is 0 Å². The molecule has 1 rings (SSSR count). The third-order valence-electron chi connectivity index (χ3n) is 1.97. The minimum atomic E-state index is -1.37. The summed E-state index contributed by atoms with van der Waals surface area (Å²) >= 11 is 0. The average Bonchev–Trinajstić information content (AvgIpc) is 2.61. The van der Waals surface area contributed by atoms with Crippen LogP contribution in [0, 0.1) is 0 Å². The summed E-state index contributed by atoms with van der Waals surface area (Å²) in [7, 11) is 0. The largest absolute Gasteiger partial charge is 0.481 e. The Morgan fingerprint density at radius 3 is 2.56 bits per heavy atom. The van der Waals surface area contributed by atoms with Gasteiger partial charge in [0, 0.05) is 0 Å². The number of hydrogen-bond acceptors (Lipinski definition) is 5. The topological polar surface area (TPSA) is 110 Å². The highest BCUT2D eigenvalue weighted by molar-refractivity contribution is 5.90. The molecule has 0 amide bonds. The van der Waals surface area contributed by atoms with Crippen molar-refractivity contribution in [3.8, 4) is 5.88 Å². The zero-order valence-electron chi connectivity index (χ0n) is 8.76. The second-order valence-corrected chi connectivity index (χ2v) is 3.03. The molecule has 1 unspecified atom stereocenters. The van der Waals surface area contributed by atoms with Gasteiger partial charge in [-0.25, -0.2) is 4.79 Å². The van der Waals surface area contributed by atoms with Gasteiger partial charge < -0.3 is 19.5 Å². The highest BCUT2D eigenvalue weighted by Crippen LogP contribution is 2.29. The fourth-order valence-electron chi connectivity index (χ4n) is 1.18. The van der Waals surface area contributed by atoms with Crippen LogP contribution in [0.4, 0.5) is 0 Å². The first-order chi connectivity index (χ1) is 7.49. The fourth-order valence-corrected chi connectivity index (χ4v) is 1.18. The maximum Gasteiger partial charge on any atom is 0.375 e. The molecule has 1 aromatic heterocycles. The monoisotopic (exact) mass is 229 g/mol. The highest BCUT2D eigenvalue weighted by atomic mass is 16.5. The van der Waals surface area contributed by atoms with E-state index in [9.17, 15) is 9.59 Å². The summed E-state index contributed by atoms with van der Waals surface area (Å²) in [5, 5.41) is 21.0. The first-order valence-corrected chi connectivity index (χ1v) is 4.57. The molecule has 1 heterocycles. The molecule has 1 aromatic rings. The van der Waals surface area contributed by atoms with Crippen LogP contribution in [0.3, 0.4) is 0 Å². The van der Waals surface area contributed by atoms with Crippen LogP contribution in [0.5, 0.6) is 5.88 Å². The van der Waals surface area contributed by atoms with Gasteiger partial charge in [0.05, 0.1) is 18.1 Å². The number of ether oxygens (including phenoxy) is 1. The molecule has 0 bridgehead atoms. The van der Waals surface area contributed by atoms with Crippen molar-refractivity contribution in [3.63, 3.8) is 0 Å². The molecule has 7 heteroatoms. The van der Waals surface area contributed by atoms with Crippen LogP contribution in [0.15, 0.2) is 4.52 Å². The van der Waals surface area contributed by atoms with Crippen molar-refractivity contribution in [2.75, 3.05) is 6.61 Å². The van der Waals surface area contributed by atoms with Gasteiger partial charge in [0.15, 0.2) is 0 Å². The van der Waals surface area contributed by atoms with Gasteiger partial charge in [0.1, 0.15) is 0 Å². The third-order valence-corrected chi connectivity index (χ3v) is 1.97. The Kier molecular flexibility index (Phi) is 3.49. The van der Waals surface area contributed by atoms with Crippen molar-refractivity contribution in [1.29, 1.82) is 0 Å². The Labute approximate surface area is 90.6 Å². The lowest BCUT2D eigenvalue weighted by atomic mass is 10.0. The van der Waals surface area contributed by atoms with Crippen molar-refractivity contribution in [2.24, 2.45) is 0 Å². The van der Waals surface area contributed by atoms with E-state index in [0.717, 1.165) is 0 Å². The maximum absolute atomic E-state index is 10.8. The van der Waals surface area contributed by atoms with E-state index in [2.05, 4.69) is 9.68 Å². The molecule has 0 radical (unpaired) electrons. The van der Waals surface area contributed by atoms with E-state index in [-0.39, 0.29) is 18.1 Å². The van der Waals surface area contributed by atoms with Gasteiger partial charge >= 0.3 is 11.9 Å². The number of carboxylic acids is 2. The first-order valence-electron chi connectivity index (χ1n) is 4.57. The molecule has 0 spiro atoms. The minimum absolute atomic E-state index is 0.0538. The number of aromatic carboxylic acids is 1. The fraction of sp³-hybridized carbons (Fsp3) is 0.444. The zero-order chi connectivity index (χ0) is 12.3. The summed E-state index contributed by atoms with van der Waals surface area (Å²) in [6, 6.07) is 0. The number of aliphatic carboxylic acids is 1. The van der Waals surface area contributed by atoms with Crippen LogP contribution in [0.1, 0.15) is 35.9 Å². The molecule has 0 aliphatic rings. The summed E-state index contributed by atoms with van der Waals surface area (Å²) in [6.07, 6.45) is 0. The van der Waals surface area contributed by atoms with Crippen LogP contribution in [0.2, 0.25) is 0 Å². The van der Waals surface area contributed by atoms with Crippen LogP contribution < -0.4 is 4.74 Å². The Hall–Kier alpha value is -2.05. The normalized spacial score (nSPS) is 12.1. The lowest BCUT2D eigenvalue weighted by molar-refractivity contribution is -0.138. The average molecular weight is 229 g/mol. The Morgan fingerprint density at radius 1 is 1.50 bits per heavy atom. The second-order valence-electron chi connectivity index (χ2n) is 3.03. The van der Waals surface area contributed by atoms with E-state index in [1.807, 2.05) is 0 Å². The van der Waals surface area contributed by atoms with Crippen LogP contribution in [-0.2, 0) is 4.79 Å². The Morgan fingerprint density at radius 2 is 2.12 bits per heavy atom. The number of nitrogens with zero attached hydrogens (tertiary/aromatic N) is 1. The molecular formula is C9H11NO6. The molecular weight excluding hydrogens is 218 g/mol. The zero-order valence-corrected chi connectivity index (χ0v) is 8.76. The molecule has 2 N–H and O–H groups in total. The molecule has 0 aliphatic carbocycles. The van der Waals surface area contributed by atoms with Gasteiger partial charge in [0.25, 0.3) is 11.6 Å². The van der Waals surface area contributed by atoms with E-state index in [1.165, 1.54) is 6.92 Å². The number of carboxylic acid groups (broad SMARTS) is 2. The van der Waals surface area contributed by atoms with Gasteiger partial charge in [-0.3, -0.25) is 4.79 Å². The van der Waals surface area contributed by atoms with Gasteiger partial charge in [-0.15, -0.1) is 0 Å². The molecule has 1 atom stereocenters. The molecule has 16 heavy (non-hydrogen) atoms. The smallest absolute Gasteiger partial charge is 0.375 e. The quantitative estimate of drug-likeness (QED) is 0.773. The highest BCUT2D eigenvalue weighted by Gasteiger charge is 2.30.